The Balaban J connectivity index is 3.19. The van der Waals surface area contributed by atoms with Gasteiger partial charge in [-0.25, -0.2) is 0 Å². The van der Waals surface area contributed by atoms with Gasteiger partial charge in [-0.3, -0.25) is 0 Å². The first-order chi connectivity index (χ1) is 9.70. The van der Waals surface area contributed by atoms with E-state index in [2.05, 4.69) is 26.1 Å². The molecule has 0 heterocycles. The zero-order valence-electron chi connectivity index (χ0n) is 14.3. The molecule has 0 radical (unpaired) electrons. The molecule has 0 saturated carbocycles. The van der Waals surface area contributed by atoms with Crippen molar-refractivity contribution in [3.8, 4) is 0 Å². The minimum absolute atomic E-state index is 0.274. The van der Waals surface area contributed by atoms with Gasteiger partial charge in [-0.05, 0) is 25.3 Å². The highest BCUT2D eigenvalue weighted by Gasteiger charge is 2.07. The van der Waals surface area contributed by atoms with E-state index in [1.165, 1.54) is 64.2 Å². The van der Waals surface area contributed by atoms with Crippen LogP contribution in [0, 0.1) is 5.92 Å². The summed E-state index contributed by atoms with van der Waals surface area (Å²) < 4.78 is 0. The van der Waals surface area contributed by atoms with Crippen LogP contribution in [0.3, 0.4) is 0 Å². The van der Waals surface area contributed by atoms with Crippen molar-refractivity contribution in [2.75, 3.05) is 13.2 Å². The highest BCUT2D eigenvalue weighted by atomic mass is 16.3. The van der Waals surface area contributed by atoms with Gasteiger partial charge in [-0.2, -0.15) is 0 Å². The number of unbranched alkanes of at least 4 members (excludes halogenated alkanes) is 9. The van der Waals surface area contributed by atoms with E-state index in [0.29, 0.717) is 12.0 Å². The molecule has 2 nitrogen and oxygen atoms in total. The summed E-state index contributed by atoms with van der Waals surface area (Å²) in [5.41, 5.74) is 0. The second-order valence-corrected chi connectivity index (χ2v) is 6.65. The fraction of sp³-hybridized carbons (Fsp3) is 1.00. The molecule has 0 aliphatic heterocycles. The Kier molecular flexibility index (Phi) is 15.3. The predicted molar refractivity (Wildman–Crippen MR) is 90.2 cm³/mol. The van der Waals surface area contributed by atoms with Gasteiger partial charge in [-0.15, -0.1) is 0 Å². The largest absolute Gasteiger partial charge is 0.395 e. The predicted octanol–water partition coefficient (Wildman–Crippen LogP) is 4.90. The zero-order valence-corrected chi connectivity index (χ0v) is 14.3. The molecular weight excluding hydrogens is 246 g/mol. The Labute approximate surface area is 127 Å². The fourth-order valence-electron chi connectivity index (χ4n) is 2.71. The monoisotopic (exact) mass is 285 g/mol. The Hall–Kier alpha value is -0.0800. The Morgan fingerprint density at radius 3 is 1.75 bits per heavy atom. The summed E-state index contributed by atoms with van der Waals surface area (Å²) in [4.78, 5) is 0. The summed E-state index contributed by atoms with van der Waals surface area (Å²) in [6, 6.07) is 0.300. The maximum absolute atomic E-state index is 9.27. The van der Waals surface area contributed by atoms with E-state index in [-0.39, 0.29) is 6.61 Å². The van der Waals surface area contributed by atoms with E-state index >= 15 is 0 Å². The molecule has 0 aliphatic rings. The van der Waals surface area contributed by atoms with Gasteiger partial charge in [0.15, 0.2) is 0 Å². The molecule has 0 fully saturated rings. The smallest absolute Gasteiger partial charge is 0.0584 e. The summed E-state index contributed by atoms with van der Waals surface area (Å²) in [6.07, 6.45) is 14.9. The van der Waals surface area contributed by atoms with E-state index in [1.54, 1.807) is 0 Å². The van der Waals surface area contributed by atoms with E-state index in [9.17, 15) is 5.11 Å². The first-order valence-corrected chi connectivity index (χ1v) is 9.05. The second-order valence-electron chi connectivity index (χ2n) is 6.65. The van der Waals surface area contributed by atoms with E-state index < -0.39 is 0 Å². The van der Waals surface area contributed by atoms with Gasteiger partial charge in [0.1, 0.15) is 0 Å². The maximum atomic E-state index is 9.27. The minimum atomic E-state index is 0.274. The SMILES string of the molecule is CCCCCCCCCCCCNC(CO)CC(C)C. The summed E-state index contributed by atoms with van der Waals surface area (Å²) in [5, 5.41) is 12.7. The third-order valence-corrected chi connectivity index (χ3v) is 3.94. The topological polar surface area (TPSA) is 32.3 Å². The molecule has 0 rings (SSSR count). The van der Waals surface area contributed by atoms with Crippen LogP contribution in [-0.2, 0) is 0 Å². The summed E-state index contributed by atoms with van der Waals surface area (Å²) in [7, 11) is 0. The van der Waals surface area contributed by atoms with Crippen molar-refractivity contribution >= 4 is 0 Å². The summed E-state index contributed by atoms with van der Waals surface area (Å²) in [5.74, 6) is 0.660. The van der Waals surface area contributed by atoms with Crippen molar-refractivity contribution in [1.29, 1.82) is 0 Å². The average Bonchev–Trinajstić information content (AvgIpc) is 2.43. The van der Waals surface area contributed by atoms with Crippen molar-refractivity contribution in [2.24, 2.45) is 5.92 Å². The van der Waals surface area contributed by atoms with Gasteiger partial charge in [0.25, 0.3) is 0 Å². The maximum Gasteiger partial charge on any atom is 0.0584 e. The van der Waals surface area contributed by atoms with Crippen molar-refractivity contribution in [3.05, 3.63) is 0 Å². The van der Waals surface area contributed by atoms with Crippen molar-refractivity contribution < 1.29 is 5.11 Å². The van der Waals surface area contributed by atoms with Crippen LogP contribution >= 0.6 is 0 Å². The van der Waals surface area contributed by atoms with Gasteiger partial charge in [0.05, 0.1) is 6.61 Å². The lowest BCUT2D eigenvalue weighted by Gasteiger charge is -2.18. The molecule has 0 bridgehead atoms. The highest BCUT2D eigenvalue weighted by molar-refractivity contribution is 4.67. The van der Waals surface area contributed by atoms with Crippen LogP contribution in [0.15, 0.2) is 0 Å². The molecular formula is C18H39NO. The minimum Gasteiger partial charge on any atom is -0.395 e. The lowest BCUT2D eigenvalue weighted by atomic mass is 10.0. The van der Waals surface area contributed by atoms with Crippen LogP contribution in [-0.4, -0.2) is 24.3 Å². The van der Waals surface area contributed by atoms with Crippen LogP contribution in [0.2, 0.25) is 0 Å². The summed E-state index contributed by atoms with van der Waals surface area (Å²) >= 11 is 0. The molecule has 1 atom stereocenters. The standard InChI is InChI=1S/C18H39NO/c1-4-5-6-7-8-9-10-11-12-13-14-19-18(16-20)15-17(2)3/h17-20H,4-16H2,1-3H3. The van der Waals surface area contributed by atoms with Gasteiger partial charge in [0.2, 0.25) is 0 Å². The van der Waals surface area contributed by atoms with Gasteiger partial charge in [-0.1, -0.05) is 78.6 Å². The molecule has 2 heteroatoms. The molecule has 1 unspecified atom stereocenters. The molecule has 0 amide bonds. The first-order valence-electron chi connectivity index (χ1n) is 9.05. The number of hydrogen-bond donors (Lipinski definition) is 2. The molecule has 20 heavy (non-hydrogen) atoms. The lowest BCUT2D eigenvalue weighted by molar-refractivity contribution is 0.224. The second kappa shape index (κ2) is 15.3. The van der Waals surface area contributed by atoms with Gasteiger partial charge in [0, 0.05) is 6.04 Å². The van der Waals surface area contributed by atoms with Crippen LogP contribution in [0.25, 0.3) is 0 Å². The fourth-order valence-corrected chi connectivity index (χ4v) is 2.71. The molecule has 0 aromatic rings. The third-order valence-electron chi connectivity index (χ3n) is 3.94. The molecule has 122 valence electrons. The average molecular weight is 286 g/mol. The molecule has 0 saturated heterocycles. The zero-order chi connectivity index (χ0) is 15.1. The summed E-state index contributed by atoms with van der Waals surface area (Å²) in [6.45, 7) is 8.04. The Morgan fingerprint density at radius 2 is 1.30 bits per heavy atom. The van der Waals surface area contributed by atoms with Crippen molar-refractivity contribution in [3.63, 3.8) is 0 Å². The molecule has 2 N–H and O–H groups in total. The molecule has 0 spiro atoms. The van der Waals surface area contributed by atoms with Crippen molar-refractivity contribution in [2.45, 2.75) is 97.4 Å². The lowest BCUT2D eigenvalue weighted by Crippen LogP contribution is -2.34. The molecule has 0 aromatic heterocycles. The normalized spacial score (nSPS) is 13.1. The van der Waals surface area contributed by atoms with E-state index in [4.69, 9.17) is 0 Å². The van der Waals surface area contributed by atoms with Gasteiger partial charge >= 0.3 is 0 Å². The number of aliphatic hydroxyl groups is 1. The first kappa shape index (κ1) is 19.9. The quantitative estimate of drug-likeness (QED) is 0.419. The molecule has 0 aliphatic carbocycles. The molecule has 0 aromatic carbocycles. The number of aliphatic hydroxyl groups excluding tert-OH is 1. The number of nitrogens with one attached hydrogen (secondary N) is 1. The van der Waals surface area contributed by atoms with Crippen LogP contribution in [0.4, 0.5) is 0 Å². The van der Waals surface area contributed by atoms with E-state index in [0.717, 1.165) is 13.0 Å². The van der Waals surface area contributed by atoms with E-state index in [1.807, 2.05) is 0 Å². The van der Waals surface area contributed by atoms with Gasteiger partial charge < -0.3 is 10.4 Å². The Morgan fingerprint density at radius 1 is 0.800 bits per heavy atom. The van der Waals surface area contributed by atoms with Crippen LogP contribution < -0.4 is 5.32 Å². The number of hydrogen-bond acceptors (Lipinski definition) is 2. The Bertz CT molecular complexity index is 182. The van der Waals surface area contributed by atoms with Crippen LogP contribution in [0.1, 0.15) is 91.4 Å². The third kappa shape index (κ3) is 14.3. The van der Waals surface area contributed by atoms with Crippen molar-refractivity contribution in [1.82, 2.24) is 5.32 Å². The number of rotatable bonds is 15. The highest BCUT2D eigenvalue weighted by Crippen LogP contribution is 2.10. The van der Waals surface area contributed by atoms with Crippen LogP contribution in [0.5, 0.6) is 0 Å².